The maximum absolute atomic E-state index is 15.0. The van der Waals surface area contributed by atoms with Gasteiger partial charge in [-0.25, -0.2) is 14.2 Å². The molecular formula is C19H19ClFN5O4. The number of nitrogen functional groups attached to an aromatic ring is 1. The topological polar surface area (TPSA) is 114 Å². The Balaban J connectivity index is 1.39. The van der Waals surface area contributed by atoms with Crippen LogP contribution in [0.3, 0.4) is 0 Å². The molecule has 3 aromatic rings. The predicted octanol–water partition coefficient (Wildman–Crippen LogP) is 3.29. The lowest BCUT2D eigenvalue weighted by molar-refractivity contribution is -0.0508. The molecule has 1 aliphatic rings. The van der Waals surface area contributed by atoms with Crippen LogP contribution in [0, 0.1) is 5.92 Å². The van der Waals surface area contributed by atoms with Gasteiger partial charge in [0.15, 0.2) is 23.9 Å². The number of nitrogens with two attached hydrogens (primary N) is 1. The molecule has 1 aromatic carbocycles. The summed E-state index contributed by atoms with van der Waals surface area (Å²) in [4.78, 5) is 23.9. The number of imidazole rings is 1. The molecule has 1 fully saturated rings. The van der Waals surface area contributed by atoms with E-state index in [1.54, 1.807) is 6.92 Å². The maximum atomic E-state index is 15.0. The van der Waals surface area contributed by atoms with E-state index in [-0.39, 0.29) is 30.0 Å². The Morgan fingerprint density at radius 1 is 1.30 bits per heavy atom. The molecule has 0 spiro atoms. The molecule has 4 atom stereocenters. The van der Waals surface area contributed by atoms with E-state index < -0.39 is 30.6 Å². The number of ether oxygens (including phenoxy) is 3. The van der Waals surface area contributed by atoms with E-state index >= 15 is 0 Å². The largest absolute Gasteiger partial charge is 0.508 e. The first-order valence-electron chi connectivity index (χ1n) is 9.22. The van der Waals surface area contributed by atoms with Crippen LogP contribution in [0.15, 0.2) is 36.7 Å². The SMILES string of the molecule is C[C@H]1[C@H](F)[C@H](n2cnc3c(N)nc(Cl)nc32)O[C@@H]1COC(=O)OCc1ccccc1. The summed E-state index contributed by atoms with van der Waals surface area (Å²) in [6, 6.07) is 9.19. The van der Waals surface area contributed by atoms with Crippen molar-refractivity contribution in [3.63, 3.8) is 0 Å². The van der Waals surface area contributed by atoms with Crippen molar-refractivity contribution < 1.29 is 23.4 Å². The van der Waals surface area contributed by atoms with Gasteiger partial charge in [-0.2, -0.15) is 9.97 Å². The Kier molecular flexibility index (Phi) is 5.69. The Hall–Kier alpha value is -2.98. The second kappa shape index (κ2) is 8.41. The van der Waals surface area contributed by atoms with Gasteiger partial charge in [0.2, 0.25) is 5.28 Å². The summed E-state index contributed by atoms with van der Waals surface area (Å²) in [7, 11) is 0. The van der Waals surface area contributed by atoms with E-state index in [1.807, 2.05) is 30.3 Å². The first kappa shape index (κ1) is 20.3. The van der Waals surface area contributed by atoms with Crippen LogP contribution in [0.1, 0.15) is 18.7 Å². The van der Waals surface area contributed by atoms with E-state index in [4.69, 9.17) is 31.5 Å². The average molecular weight is 436 g/mol. The number of carbonyl (C=O) groups is 1. The summed E-state index contributed by atoms with van der Waals surface area (Å²) in [5, 5.41) is -0.0794. The van der Waals surface area contributed by atoms with Gasteiger partial charge in [0.1, 0.15) is 18.7 Å². The van der Waals surface area contributed by atoms with Crippen LogP contribution in [-0.2, 0) is 20.8 Å². The third-order valence-electron chi connectivity index (χ3n) is 4.94. The number of rotatable bonds is 5. The van der Waals surface area contributed by atoms with Gasteiger partial charge in [0.25, 0.3) is 0 Å². The minimum Gasteiger partial charge on any atom is -0.432 e. The fraction of sp³-hybridized carbons (Fsp3) is 0.368. The summed E-state index contributed by atoms with van der Waals surface area (Å²) in [5.41, 5.74) is 7.18. The van der Waals surface area contributed by atoms with Crippen LogP contribution in [0.25, 0.3) is 11.2 Å². The van der Waals surface area contributed by atoms with Gasteiger partial charge in [-0.05, 0) is 17.2 Å². The number of fused-ring (bicyclic) bond motifs is 1. The van der Waals surface area contributed by atoms with E-state index in [9.17, 15) is 9.18 Å². The van der Waals surface area contributed by atoms with Crippen molar-refractivity contribution in [1.29, 1.82) is 0 Å². The molecule has 4 rings (SSSR count). The fourth-order valence-electron chi connectivity index (χ4n) is 3.26. The monoisotopic (exact) mass is 435 g/mol. The van der Waals surface area contributed by atoms with Gasteiger partial charge in [-0.15, -0.1) is 0 Å². The number of nitrogens with zero attached hydrogens (tertiary/aromatic N) is 4. The minimum absolute atomic E-state index is 0.0794. The first-order chi connectivity index (χ1) is 14.4. The number of carbonyl (C=O) groups excluding carboxylic acids is 1. The van der Waals surface area contributed by atoms with Crippen LogP contribution in [0.2, 0.25) is 5.28 Å². The number of halogens is 2. The lowest BCUT2D eigenvalue weighted by atomic mass is 10.0. The second-order valence-corrected chi connectivity index (χ2v) is 7.24. The molecule has 0 aliphatic carbocycles. The highest BCUT2D eigenvalue weighted by Gasteiger charge is 2.44. The normalized spacial score (nSPS) is 23.6. The standard InChI is InChI=1S/C19H19ClFN5O4/c1-10-12(8-29-19(27)28-7-11-5-3-2-4-6-11)30-17(13(10)21)26-9-23-14-15(22)24-18(20)25-16(14)26/h2-6,9-10,12-13,17H,7-8H2,1H3,(H2,22,24,25)/t10-,12-,13+,17-/m1/s1. The van der Waals surface area contributed by atoms with Gasteiger partial charge in [0.05, 0.1) is 12.4 Å². The van der Waals surface area contributed by atoms with Crippen LogP contribution in [-0.4, -0.2) is 44.6 Å². The van der Waals surface area contributed by atoms with Gasteiger partial charge in [0, 0.05) is 5.92 Å². The number of benzene rings is 1. The van der Waals surface area contributed by atoms with Gasteiger partial charge in [-0.3, -0.25) is 4.57 Å². The fourth-order valence-corrected chi connectivity index (χ4v) is 3.43. The van der Waals surface area contributed by atoms with E-state index in [0.29, 0.717) is 5.52 Å². The zero-order valence-corrected chi connectivity index (χ0v) is 16.7. The van der Waals surface area contributed by atoms with Crippen molar-refractivity contribution in [2.75, 3.05) is 12.3 Å². The molecule has 0 saturated carbocycles. The zero-order valence-electron chi connectivity index (χ0n) is 15.9. The molecule has 0 radical (unpaired) electrons. The molecule has 1 saturated heterocycles. The van der Waals surface area contributed by atoms with Crippen LogP contribution >= 0.6 is 11.6 Å². The Morgan fingerprint density at radius 3 is 2.83 bits per heavy atom. The molecular weight excluding hydrogens is 417 g/mol. The summed E-state index contributed by atoms with van der Waals surface area (Å²) >= 11 is 5.86. The predicted molar refractivity (Wildman–Crippen MR) is 105 cm³/mol. The summed E-state index contributed by atoms with van der Waals surface area (Å²) < 4.78 is 32.4. The molecule has 1 aliphatic heterocycles. The summed E-state index contributed by atoms with van der Waals surface area (Å²) in [5.74, 6) is -0.463. The molecule has 3 heterocycles. The Bertz CT molecular complexity index is 1050. The van der Waals surface area contributed by atoms with Crippen LogP contribution in [0.4, 0.5) is 15.0 Å². The van der Waals surface area contributed by atoms with Crippen molar-refractivity contribution in [2.24, 2.45) is 5.92 Å². The van der Waals surface area contributed by atoms with Crippen molar-refractivity contribution in [3.8, 4) is 0 Å². The Morgan fingerprint density at radius 2 is 2.07 bits per heavy atom. The minimum atomic E-state index is -1.40. The highest BCUT2D eigenvalue weighted by molar-refractivity contribution is 6.28. The molecule has 11 heteroatoms. The highest BCUT2D eigenvalue weighted by Crippen LogP contribution is 2.38. The smallest absolute Gasteiger partial charge is 0.432 e. The first-order valence-corrected chi connectivity index (χ1v) is 9.60. The van der Waals surface area contributed by atoms with Gasteiger partial charge >= 0.3 is 6.16 Å². The number of anilines is 1. The third kappa shape index (κ3) is 4.01. The third-order valence-corrected chi connectivity index (χ3v) is 5.10. The lowest BCUT2D eigenvalue weighted by Gasteiger charge is -2.16. The molecule has 158 valence electrons. The van der Waals surface area contributed by atoms with Crippen LogP contribution < -0.4 is 5.73 Å². The van der Waals surface area contributed by atoms with E-state index in [0.717, 1.165) is 5.56 Å². The maximum Gasteiger partial charge on any atom is 0.508 e. The lowest BCUT2D eigenvalue weighted by Crippen LogP contribution is -2.25. The molecule has 9 nitrogen and oxygen atoms in total. The number of hydrogen-bond donors (Lipinski definition) is 1. The highest BCUT2D eigenvalue weighted by atomic mass is 35.5. The molecule has 0 bridgehead atoms. The zero-order chi connectivity index (χ0) is 21.3. The van der Waals surface area contributed by atoms with E-state index in [1.165, 1.54) is 10.9 Å². The molecule has 30 heavy (non-hydrogen) atoms. The second-order valence-electron chi connectivity index (χ2n) is 6.91. The quantitative estimate of drug-likeness (QED) is 0.479. The molecule has 2 N–H and O–H groups in total. The van der Waals surface area contributed by atoms with Crippen molar-refractivity contribution in [1.82, 2.24) is 19.5 Å². The molecule has 0 unspecified atom stereocenters. The summed E-state index contributed by atoms with van der Waals surface area (Å²) in [6.45, 7) is 1.59. The Labute approximate surface area is 175 Å². The number of aromatic nitrogens is 4. The average Bonchev–Trinajstić information content (AvgIpc) is 3.27. The molecule has 2 aromatic heterocycles. The van der Waals surface area contributed by atoms with Crippen LogP contribution in [0.5, 0.6) is 0 Å². The van der Waals surface area contributed by atoms with Gasteiger partial charge < -0.3 is 19.9 Å². The number of hydrogen-bond acceptors (Lipinski definition) is 8. The van der Waals surface area contributed by atoms with Crippen molar-refractivity contribution in [3.05, 3.63) is 47.5 Å². The summed E-state index contributed by atoms with van der Waals surface area (Å²) in [6.07, 6.45) is -2.58. The van der Waals surface area contributed by atoms with Gasteiger partial charge in [-0.1, -0.05) is 37.3 Å². The van der Waals surface area contributed by atoms with E-state index in [2.05, 4.69) is 15.0 Å². The molecule has 0 amide bonds. The number of alkyl halides is 1. The van der Waals surface area contributed by atoms with Crippen molar-refractivity contribution >= 4 is 34.7 Å². The van der Waals surface area contributed by atoms with Crippen molar-refractivity contribution in [2.45, 2.75) is 32.0 Å².